The number of aliphatic hydroxyl groups excluding tert-OH is 1. The van der Waals surface area contributed by atoms with E-state index >= 15 is 0 Å². The standard InChI is InChI=1S/C20H29NO4/c1-14-10-15(2)12-16(11-14)25-9-6-20(23)21-7-3-4-18(21)17-13-24-8-5-19(17)22/h10-12,17-19,22H,3-9,13H2,1-2H3/t17-,18+,19-/m0/s1. The number of hydrogen-bond acceptors (Lipinski definition) is 4. The zero-order chi connectivity index (χ0) is 17.8. The number of aliphatic hydroxyl groups is 1. The number of amides is 1. The van der Waals surface area contributed by atoms with Crippen LogP contribution in [0.3, 0.4) is 0 Å². The van der Waals surface area contributed by atoms with Gasteiger partial charge in [-0.2, -0.15) is 0 Å². The third kappa shape index (κ3) is 4.53. The van der Waals surface area contributed by atoms with E-state index < -0.39 is 0 Å². The summed E-state index contributed by atoms with van der Waals surface area (Å²) in [6, 6.07) is 6.19. The van der Waals surface area contributed by atoms with Crippen molar-refractivity contribution in [3.8, 4) is 5.75 Å². The second kappa shape index (κ2) is 8.19. The van der Waals surface area contributed by atoms with E-state index in [1.807, 2.05) is 30.9 Å². The molecule has 0 unspecified atom stereocenters. The van der Waals surface area contributed by atoms with Crippen molar-refractivity contribution in [3.05, 3.63) is 29.3 Å². The first-order chi connectivity index (χ1) is 12.0. The topological polar surface area (TPSA) is 59.0 Å². The van der Waals surface area contributed by atoms with Crippen LogP contribution in [-0.2, 0) is 9.53 Å². The minimum atomic E-state index is -0.362. The second-order valence-electron chi connectivity index (χ2n) is 7.31. The van der Waals surface area contributed by atoms with Crippen molar-refractivity contribution >= 4 is 5.91 Å². The summed E-state index contributed by atoms with van der Waals surface area (Å²) in [7, 11) is 0. The highest BCUT2D eigenvalue weighted by molar-refractivity contribution is 5.77. The van der Waals surface area contributed by atoms with E-state index in [1.165, 1.54) is 0 Å². The molecule has 1 aromatic rings. The molecule has 5 heteroatoms. The molecule has 2 fully saturated rings. The monoisotopic (exact) mass is 347 g/mol. The van der Waals surface area contributed by atoms with Gasteiger partial charge in [-0.05, 0) is 56.4 Å². The molecule has 3 atom stereocenters. The zero-order valence-corrected chi connectivity index (χ0v) is 15.2. The fourth-order valence-corrected chi connectivity index (χ4v) is 4.08. The molecule has 2 aliphatic rings. The van der Waals surface area contributed by atoms with E-state index in [1.54, 1.807) is 0 Å². The quantitative estimate of drug-likeness (QED) is 0.889. The maximum absolute atomic E-state index is 12.7. The summed E-state index contributed by atoms with van der Waals surface area (Å²) in [5, 5.41) is 10.3. The van der Waals surface area contributed by atoms with Crippen LogP contribution in [0.1, 0.15) is 36.8 Å². The van der Waals surface area contributed by atoms with Gasteiger partial charge < -0.3 is 19.5 Å². The van der Waals surface area contributed by atoms with Crippen LogP contribution in [0.25, 0.3) is 0 Å². The van der Waals surface area contributed by atoms with E-state index in [0.717, 1.165) is 36.3 Å². The van der Waals surface area contributed by atoms with Gasteiger partial charge in [0.25, 0.3) is 0 Å². The Labute approximate surface area is 149 Å². The van der Waals surface area contributed by atoms with Crippen LogP contribution in [0.2, 0.25) is 0 Å². The summed E-state index contributed by atoms with van der Waals surface area (Å²) in [4.78, 5) is 14.6. The number of rotatable bonds is 5. The van der Waals surface area contributed by atoms with Crippen molar-refractivity contribution in [1.82, 2.24) is 4.90 Å². The fraction of sp³-hybridized carbons (Fsp3) is 0.650. The van der Waals surface area contributed by atoms with Gasteiger partial charge in [0.2, 0.25) is 5.91 Å². The minimum Gasteiger partial charge on any atom is -0.493 e. The molecule has 3 rings (SSSR count). The van der Waals surface area contributed by atoms with Gasteiger partial charge in [0.1, 0.15) is 5.75 Å². The molecule has 0 radical (unpaired) electrons. The Morgan fingerprint density at radius 1 is 1.28 bits per heavy atom. The highest BCUT2D eigenvalue weighted by Crippen LogP contribution is 2.30. The number of likely N-dealkylation sites (tertiary alicyclic amines) is 1. The summed E-state index contributed by atoms with van der Waals surface area (Å²) in [6.07, 6.45) is 2.62. The maximum atomic E-state index is 12.7. The van der Waals surface area contributed by atoms with E-state index in [0.29, 0.717) is 32.7 Å². The lowest BCUT2D eigenvalue weighted by Gasteiger charge is -2.37. The molecule has 5 nitrogen and oxygen atoms in total. The highest BCUT2D eigenvalue weighted by atomic mass is 16.5. The van der Waals surface area contributed by atoms with E-state index in [2.05, 4.69) is 6.07 Å². The van der Waals surface area contributed by atoms with E-state index in [9.17, 15) is 9.90 Å². The molecule has 2 heterocycles. The van der Waals surface area contributed by atoms with Crippen molar-refractivity contribution in [1.29, 1.82) is 0 Å². The van der Waals surface area contributed by atoms with Crippen LogP contribution >= 0.6 is 0 Å². The van der Waals surface area contributed by atoms with Crippen molar-refractivity contribution in [3.63, 3.8) is 0 Å². The van der Waals surface area contributed by atoms with Gasteiger partial charge in [-0.15, -0.1) is 0 Å². The van der Waals surface area contributed by atoms with Crippen LogP contribution < -0.4 is 4.74 Å². The smallest absolute Gasteiger partial charge is 0.226 e. The van der Waals surface area contributed by atoms with E-state index in [4.69, 9.17) is 9.47 Å². The number of carbonyl (C=O) groups excluding carboxylic acids is 1. The van der Waals surface area contributed by atoms with Crippen LogP contribution in [0.15, 0.2) is 18.2 Å². The molecular weight excluding hydrogens is 318 g/mol. The SMILES string of the molecule is Cc1cc(C)cc(OCCC(=O)N2CCC[C@@H]2[C@@H]2COCC[C@@H]2O)c1. The van der Waals surface area contributed by atoms with Crippen LogP contribution in [0, 0.1) is 19.8 Å². The Kier molecular flexibility index (Phi) is 5.97. The molecule has 0 spiro atoms. The fourth-order valence-electron chi connectivity index (χ4n) is 4.08. The summed E-state index contributed by atoms with van der Waals surface area (Å²) in [5.74, 6) is 0.976. The lowest BCUT2D eigenvalue weighted by Crippen LogP contribution is -2.48. The summed E-state index contributed by atoms with van der Waals surface area (Å²) in [6.45, 7) is 6.40. The minimum absolute atomic E-state index is 0.0422. The number of benzene rings is 1. The summed E-state index contributed by atoms with van der Waals surface area (Å²) < 4.78 is 11.3. The van der Waals surface area contributed by atoms with Crippen molar-refractivity contribution in [2.75, 3.05) is 26.4 Å². The number of ether oxygens (including phenoxy) is 2. The third-order valence-electron chi connectivity index (χ3n) is 5.26. The van der Waals surface area contributed by atoms with Crippen LogP contribution in [0.5, 0.6) is 5.75 Å². The van der Waals surface area contributed by atoms with Gasteiger partial charge >= 0.3 is 0 Å². The normalized spacial score (nSPS) is 26.7. The van der Waals surface area contributed by atoms with Gasteiger partial charge in [0, 0.05) is 25.1 Å². The van der Waals surface area contributed by atoms with Crippen molar-refractivity contribution in [2.24, 2.45) is 5.92 Å². The number of carbonyl (C=O) groups is 1. The Balaban J connectivity index is 1.53. The molecule has 1 aromatic carbocycles. The molecule has 2 aliphatic heterocycles. The average molecular weight is 347 g/mol. The molecule has 1 amide bonds. The van der Waals surface area contributed by atoms with Crippen LogP contribution in [0.4, 0.5) is 0 Å². The molecule has 0 aromatic heterocycles. The summed E-state index contributed by atoms with van der Waals surface area (Å²) in [5.41, 5.74) is 2.32. The van der Waals surface area contributed by atoms with Gasteiger partial charge in [0.15, 0.2) is 0 Å². The molecule has 1 N–H and O–H groups in total. The molecule has 2 saturated heterocycles. The molecule has 138 valence electrons. The molecule has 0 bridgehead atoms. The van der Waals surface area contributed by atoms with Gasteiger partial charge in [0.05, 0.1) is 25.7 Å². The first kappa shape index (κ1) is 18.2. The van der Waals surface area contributed by atoms with Gasteiger partial charge in [-0.25, -0.2) is 0 Å². The lowest BCUT2D eigenvalue weighted by atomic mass is 9.89. The van der Waals surface area contributed by atoms with Gasteiger partial charge in [-0.1, -0.05) is 6.07 Å². The summed E-state index contributed by atoms with van der Waals surface area (Å²) >= 11 is 0. The molecular formula is C20H29NO4. The highest BCUT2D eigenvalue weighted by Gasteiger charge is 2.39. The van der Waals surface area contributed by atoms with Crippen molar-refractivity contribution < 1.29 is 19.4 Å². The number of nitrogens with zero attached hydrogens (tertiary/aromatic N) is 1. The average Bonchev–Trinajstić information content (AvgIpc) is 3.03. The Morgan fingerprint density at radius 2 is 2.04 bits per heavy atom. The third-order valence-corrected chi connectivity index (χ3v) is 5.26. The van der Waals surface area contributed by atoms with E-state index in [-0.39, 0.29) is 24.0 Å². The molecule has 25 heavy (non-hydrogen) atoms. The molecule has 0 saturated carbocycles. The first-order valence-corrected chi connectivity index (χ1v) is 9.31. The number of hydrogen-bond donors (Lipinski definition) is 1. The first-order valence-electron chi connectivity index (χ1n) is 9.31. The predicted molar refractivity (Wildman–Crippen MR) is 95.7 cm³/mol. The van der Waals surface area contributed by atoms with Crippen molar-refractivity contribution in [2.45, 2.75) is 51.7 Å². The predicted octanol–water partition coefficient (Wildman–Crippen LogP) is 2.46. The van der Waals surface area contributed by atoms with Crippen LogP contribution in [-0.4, -0.2) is 54.4 Å². The number of aryl methyl sites for hydroxylation is 2. The Morgan fingerprint density at radius 3 is 2.76 bits per heavy atom. The second-order valence-corrected chi connectivity index (χ2v) is 7.31. The zero-order valence-electron chi connectivity index (χ0n) is 15.2. The lowest BCUT2D eigenvalue weighted by molar-refractivity contribution is -0.136. The Bertz CT molecular complexity index is 583. The molecule has 0 aliphatic carbocycles. The maximum Gasteiger partial charge on any atom is 0.226 e. The Hall–Kier alpha value is -1.59. The largest absolute Gasteiger partial charge is 0.493 e. The van der Waals surface area contributed by atoms with Gasteiger partial charge in [-0.3, -0.25) is 4.79 Å².